The number of rotatable bonds is 2. The van der Waals surface area contributed by atoms with Crippen LogP contribution in [0.4, 0.5) is 4.79 Å². The van der Waals surface area contributed by atoms with Crippen molar-refractivity contribution in [1.29, 1.82) is 0 Å². The van der Waals surface area contributed by atoms with Crippen LogP contribution >= 0.6 is 0 Å². The minimum absolute atomic E-state index is 0.0975. The monoisotopic (exact) mass is 184 g/mol. The van der Waals surface area contributed by atoms with Crippen molar-refractivity contribution in [3.8, 4) is 0 Å². The molecular weight excluding hydrogens is 172 g/mol. The predicted octanol–water partition coefficient (Wildman–Crippen LogP) is -1.36. The number of urea groups is 1. The van der Waals surface area contributed by atoms with E-state index in [0.29, 0.717) is 13.2 Å². The molecule has 1 rings (SSSR count). The fourth-order valence-corrected chi connectivity index (χ4v) is 1.11. The van der Waals surface area contributed by atoms with Crippen molar-refractivity contribution in [1.82, 2.24) is 9.80 Å². The third-order valence-electron chi connectivity index (χ3n) is 1.66. The minimum atomic E-state index is -0.501. The van der Waals surface area contributed by atoms with E-state index in [9.17, 15) is 9.59 Å². The van der Waals surface area contributed by atoms with Crippen molar-refractivity contribution in [2.24, 2.45) is 11.5 Å². The van der Waals surface area contributed by atoms with Crippen molar-refractivity contribution < 1.29 is 9.59 Å². The second kappa shape index (κ2) is 3.79. The average Bonchev–Trinajstić information content (AvgIpc) is 2.03. The highest BCUT2D eigenvalue weighted by atomic mass is 16.2. The Balaban J connectivity index is 2.51. The molecule has 0 radical (unpaired) electrons. The summed E-state index contributed by atoms with van der Waals surface area (Å²) in [5.74, 6) is -0.434. The van der Waals surface area contributed by atoms with Crippen LogP contribution in [-0.2, 0) is 4.79 Å². The molecule has 0 fully saturated rings. The Hall–Kier alpha value is -1.72. The zero-order chi connectivity index (χ0) is 9.84. The van der Waals surface area contributed by atoms with Gasteiger partial charge < -0.3 is 21.3 Å². The van der Waals surface area contributed by atoms with Gasteiger partial charge in [0.2, 0.25) is 5.91 Å². The van der Waals surface area contributed by atoms with Crippen LogP contribution in [-0.4, -0.2) is 41.5 Å². The van der Waals surface area contributed by atoms with Gasteiger partial charge in [-0.1, -0.05) is 0 Å². The smallest absolute Gasteiger partial charge is 0.316 e. The van der Waals surface area contributed by atoms with Gasteiger partial charge >= 0.3 is 6.03 Å². The standard InChI is InChI=1S/C7H12N4O2/c8-6(12)4-10-2-1-3-11(5-10)7(9)13/h1-2H,3-5H2,(H2,8,12)(H2,9,13). The van der Waals surface area contributed by atoms with E-state index in [4.69, 9.17) is 11.5 Å². The van der Waals surface area contributed by atoms with Crippen LogP contribution in [0.5, 0.6) is 0 Å². The quantitative estimate of drug-likeness (QED) is 0.555. The van der Waals surface area contributed by atoms with Gasteiger partial charge in [-0.2, -0.15) is 0 Å². The maximum absolute atomic E-state index is 10.8. The van der Waals surface area contributed by atoms with Crippen molar-refractivity contribution in [3.63, 3.8) is 0 Å². The molecule has 3 amide bonds. The molecule has 1 aliphatic rings. The van der Waals surface area contributed by atoms with Gasteiger partial charge in [0.15, 0.2) is 0 Å². The van der Waals surface area contributed by atoms with Crippen LogP contribution in [0, 0.1) is 0 Å². The summed E-state index contributed by atoms with van der Waals surface area (Å²) in [6.07, 6.45) is 3.47. The molecule has 13 heavy (non-hydrogen) atoms. The average molecular weight is 184 g/mol. The molecule has 6 nitrogen and oxygen atoms in total. The third kappa shape index (κ3) is 2.66. The molecule has 0 bridgehead atoms. The summed E-state index contributed by atoms with van der Waals surface area (Å²) in [5, 5.41) is 0. The highest BCUT2D eigenvalue weighted by Gasteiger charge is 2.15. The zero-order valence-electron chi connectivity index (χ0n) is 7.14. The Morgan fingerprint density at radius 2 is 2.08 bits per heavy atom. The molecule has 0 aromatic heterocycles. The molecule has 0 aromatic rings. The van der Waals surface area contributed by atoms with Gasteiger partial charge in [0.05, 0.1) is 13.2 Å². The lowest BCUT2D eigenvalue weighted by atomic mass is 10.4. The first kappa shape index (κ1) is 9.37. The number of primary amides is 2. The summed E-state index contributed by atoms with van der Waals surface area (Å²) < 4.78 is 0. The predicted molar refractivity (Wildman–Crippen MR) is 46.2 cm³/mol. The number of amides is 3. The highest BCUT2D eigenvalue weighted by Crippen LogP contribution is 2.01. The van der Waals surface area contributed by atoms with E-state index >= 15 is 0 Å². The third-order valence-corrected chi connectivity index (χ3v) is 1.66. The number of hydrogen-bond donors (Lipinski definition) is 2. The molecule has 6 heteroatoms. The molecule has 0 aliphatic carbocycles. The van der Waals surface area contributed by atoms with E-state index in [2.05, 4.69) is 0 Å². The maximum atomic E-state index is 10.8. The molecule has 4 N–H and O–H groups in total. The lowest BCUT2D eigenvalue weighted by Gasteiger charge is -2.30. The van der Waals surface area contributed by atoms with Gasteiger partial charge in [-0.3, -0.25) is 4.79 Å². The van der Waals surface area contributed by atoms with Crippen LogP contribution < -0.4 is 11.5 Å². The summed E-state index contributed by atoms with van der Waals surface area (Å²) in [6.45, 7) is 0.889. The first-order chi connectivity index (χ1) is 6.09. The number of carbonyl (C=O) groups is 2. The molecular formula is C7H12N4O2. The fraction of sp³-hybridized carbons (Fsp3) is 0.429. The van der Waals surface area contributed by atoms with Gasteiger partial charge in [-0.05, 0) is 12.3 Å². The van der Waals surface area contributed by atoms with Gasteiger partial charge in [0.1, 0.15) is 0 Å². The van der Waals surface area contributed by atoms with E-state index in [-0.39, 0.29) is 6.54 Å². The lowest BCUT2D eigenvalue weighted by molar-refractivity contribution is -0.118. The lowest BCUT2D eigenvalue weighted by Crippen LogP contribution is -2.46. The Labute approximate surface area is 75.8 Å². The van der Waals surface area contributed by atoms with E-state index in [0.717, 1.165) is 0 Å². The molecule has 0 aromatic carbocycles. The highest BCUT2D eigenvalue weighted by molar-refractivity contribution is 5.76. The molecule has 0 unspecified atom stereocenters. The van der Waals surface area contributed by atoms with Crippen molar-refractivity contribution >= 4 is 11.9 Å². The van der Waals surface area contributed by atoms with Gasteiger partial charge in [-0.25, -0.2) is 4.79 Å². The summed E-state index contributed by atoms with van der Waals surface area (Å²) >= 11 is 0. The van der Waals surface area contributed by atoms with Crippen molar-refractivity contribution in [2.75, 3.05) is 19.8 Å². The summed E-state index contributed by atoms with van der Waals surface area (Å²) in [4.78, 5) is 24.3. The molecule has 1 aliphatic heterocycles. The fourth-order valence-electron chi connectivity index (χ4n) is 1.11. The largest absolute Gasteiger partial charge is 0.368 e. The van der Waals surface area contributed by atoms with Crippen LogP contribution in [0.3, 0.4) is 0 Å². The Morgan fingerprint density at radius 3 is 2.62 bits per heavy atom. The van der Waals surface area contributed by atoms with Crippen LogP contribution in [0.25, 0.3) is 0 Å². The SMILES string of the molecule is NC(=O)CN1C=CCN(C(N)=O)C1. The number of hydrogen-bond acceptors (Lipinski definition) is 3. The first-order valence-corrected chi connectivity index (χ1v) is 3.83. The normalized spacial score (nSPS) is 16.0. The van der Waals surface area contributed by atoms with E-state index in [1.54, 1.807) is 17.2 Å². The van der Waals surface area contributed by atoms with Crippen LogP contribution in [0.1, 0.15) is 0 Å². The van der Waals surface area contributed by atoms with Crippen LogP contribution in [0.15, 0.2) is 12.3 Å². The number of nitrogens with zero attached hydrogens (tertiary/aromatic N) is 2. The maximum Gasteiger partial charge on any atom is 0.316 e. The van der Waals surface area contributed by atoms with E-state index in [1.165, 1.54) is 4.90 Å². The second-order valence-corrected chi connectivity index (χ2v) is 2.80. The zero-order valence-corrected chi connectivity index (χ0v) is 7.14. The van der Waals surface area contributed by atoms with E-state index in [1.807, 2.05) is 0 Å². The number of carbonyl (C=O) groups excluding carboxylic acids is 2. The molecule has 0 spiro atoms. The Bertz CT molecular complexity index is 251. The molecule has 1 heterocycles. The molecule has 72 valence electrons. The summed E-state index contributed by atoms with van der Waals surface area (Å²) in [5.41, 5.74) is 10.1. The minimum Gasteiger partial charge on any atom is -0.368 e. The van der Waals surface area contributed by atoms with Crippen LogP contribution in [0.2, 0.25) is 0 Å². The Morgan fingerprint density at radius 1 is 1.38 bits per heavy atom. The van der Waals surface area contributed by atoms with Gasteiger partial charge in [0.25, 0.3) is 0 Å². The number of nitrogens with two attached hydrogens (primary N) is 2. The molecule has 0 saturated heterocycles. The van der Waals surface area contributed by atoms with E-state index < -0.39 is 11.9 Å². The topological polar surface area (TPSA) is 92.7 Å². The second-order valence-electron chi connectivity index (χ2n) is 2.80. The summed E-state index contributed by atoms with van der Waals surface area (Å²) in [7, 11) is 0. The summed E-state index contributed by atoms with van der Waals surface area (Å²) in [6, 6.07) is -0.501. The van der Waals surface area contributed by atoms with Crippen molar-refractivity contribution in [2.45, 2.75) is 0 Å². The molecule has 0 saturated carbocycles. The van der Waals surface area contributed by atoms with Gasteiger partial charge in [-0.15, -0.1) is 0 Å². The Kier molecular flexibility index (Phi) is 2.73. The first-order valence-electron chi connectivity index (χ1n) is 3.83. The van der Waals surface area contributed by atoms with Gasteiger partial charge in [0, 0.05) is 6.54 Å². The van der Waals surface area contributed by atoms with Crippen molar-refractivity contribution in [3.05, 3.63) is 12.3 Å². The molecule has 0 atom stereocenters.